The number of aliphatic carboxylic acids is 1. The molecular weight excluding hydrogens is 232 g/mol. The number of rotatable bonds is 3. The summed E-state index contributed by atoms with van der Waals surface area (Å²) in [5.41, 5.74) is 1.33. The maximum atomic E-state index is 11.8. The second-order valence-corrected chi connectivity index (χ2v) is 4.40. The first-order chi connectivity index (χ1) is 8.65. The molecule has 0 atom stereocenters. The number of anilines is 1. The van der Waals surface area contributed by atoms with Crippen LogP contribution >= 0.6 is 0 Å². The van der Waals surface area contributed by atoms with Gasteiger partial charge in [0.15, 0.2) is 0 Å². The molecule has 0 spiro atoms. The zero-order valence-corrected chi connectivity index (χ0v) is 10.1. The van der Waals surface area contributed by atoms with E-state index < -0.39 is 5.97 Å². The van der Waals surface area contributed by atoms with E-state index in [0.29, 0.717) is 11.3 Å². The Morgan fingerprint density at radius 1 is 1.28 bits per heavy atom. The lowest BCUT2D eigenvalue weighted by Gasteiger charge is -2.16. The van der Waals surface area contributed by atoms with Gasteiger partial charge in [0.2, 0.25) is 0 Å². The van der Waals surface area contributed by atoms with Crippen molar-refractivity contribution in [3.63, 3.8) is 0 Å². The van der Waals surface area contributed by atoms with Gasteiger partial charge in [-0.15, -0.1) is 0 Å². The Bertz CT molecular complexity index is 453. The third kappa shape index (κ3) is 3.23. The summed E-state index contributed by atoms with van der Waals surface area (Å²) < 4.78 is 0. The lowest BCUT2D eigenvalue weighted by molar-refractivity contribution is -0.136. The molecule has 5 nitrogen and oxygen atoms in total. The molecule has 1 saturated heterocycles. The summed E-state index contributed by atoms with van der Waals surface area (Å²) in [6.07, 6.45) is 2.06. The van der Waals surface area contributed by atoms with Crippen LogP contribution in [-0.4, -0.2) is 35.1 Å². The van der Waals surface area contributed by atoms with Crippen LogP contribution in [0.5, 0.6) is 0 Å². The highest BCUT2D eigenvalue weighted by Gasteiger charge is 2.17. The van der Waals surface area contributed by atoms with Crippen LogP contribution in [0.15, 0.2) is 24.3 Å². The molecule has 18 heavy (non-hydrogen) atoms. The molecule has 1 aromatic carbocycles. The van der Waals surface area contributed by atoms with Crippen molar-refractivity contribution in [2.75, 3.05) is 18.4 Å². The van der Waals surface area contributed by atoms with E-state index in [9.17, 15) is 9.59 Å². The Labute approximate surface area is 105 Å². The van der Waals surface area contributed by atoms with Crippen LogP contribution in [0, 0.1) is 0 Å². The molecule has 2 N–H and O–H groups in total. The fourth-order valence-electron chi connectivity index (χ4n) is 2.06. The molecule has 0 bridgehead atoms. The van der Waals surface area contributed by atoms with Crippen molar-refractivity contribution in [1.29, 1.82) is 0 Å². The molecule has 0 unspecified atom stereocenters. The van der Waals surface area contributed by atoms with Crippen molar-refractivity contribution in [3.05, 3.63) is 29.8 Å². The monoisotopic (exact) mass is 248 g/mol. The predicted octanol–water partition coefficient (Wildman–Crippen LogP) is 1.94. The number of nitrogens with zero attached hydrogens (tertiary/aromatic N) is 1. The van der Waals surface area contributed by atoms with Crippen LogP contribution in [-0.2, 0) is 11.2 Å². The Morgan fingerprint density at radius 3 is 2.67 bits per heavy atom. The Balaban J connectivity index is 2.00. The summed E-state index contributed by atoms with van der Waals surface area (Å²) in [5.74, 6) is -0.877. The maximum absolute atomic E-state index is 11.8. The Morgan fingerprint density at radius 2 is 2.00 bits per heavy atom. The molecule has 96 valence electrons. The number of carbonyl (C=O) groups is 2. The van der Waals surface area contributed by atoms with E-state index in [-0.39, 0.29) is 12.5 Å². The zero-order chi connectivity index (χ0) is 13.0. The number of benzene rings is 1. The van der Waals surface area contributed by atoms with E-state index in [0.717, 1.165) is 25.9 Å². The molecule has 0 saturated carbocycles. The van der Waals surface area contributed by atoms with E-state index in [2.05, 4.69) is 5.32 Å². The minimum absolute atomic E-state index is 0.0343. The summed E-state index contributed by atoms with van der Waals surface area (Å²) in [6.45, 7) is 1.58. The third-order valence-corrected chi connectivity index (χ3v) is 2.93. The van der Waals surface area contributed by atoms with Gasteiger partial charge >= 0.3 is 12.0 Å². The van der Waals surface area contributed by atoms with Gasteiger partial charge in [0.25, 0.3) is 0 Å². The van der Waals surface area contributed by atoms with Gasteiger partial charge in [0, 0.05) is 18.8 Å². The van der Waals surface area contributed by atoms with Crippen LogP contribution in [0.3, 0.4) is 0 Å². The molecule has 0 aromatic heterocycles. The molecule has 1 heterocycles. The lowest BCUT2D eigenvalue weighted by Crippen LogP contribution is -2.32. The number of nitrogens with one attached hydrogen (secondary N) is 1. The molecule has 2 amide bonds. The van der Waals surface area contributed by atoms with E-state index in [1.807, 2.05) is 0 Å². The topological polar surface area (TPSA) is 69.6 Å². The van der Waals surface area contributed by atoms with Crippen LogP contribution in [0.4, 0.5) is 10.5 Å². The standard InChI is InChI=1S/C13H16N2O3/c16-12(17)9-10-4-3-5-11(8-10)14-13(18)15-6-1-2-7-15/h3-5,8H,1-2,6-7,9H2,(H,14,18)(H,16,17). The molecule has 0 aliphatic carbocycles. The second kappa shape index (κ2) is 5.53. The van der Waals surface area contributed by atoms with E-state index in [1.165, 1.54) is 0 Å². The van der Waals surface area contributed by atoms with E-state index in [1.54, 1.807) is 29.2 Å². The van der Waals surface area contributed by atoms with Gasteiger partial charge in [-0.1, -0.05) is 12.1 Å². The number of likely N-dealkylation sites (tertiary alicyclic amines) is 1. The fraction of sp³-hybridized carbons (Fsp3) is 0.385. The first-order valence-electron chi connectivity index (χ1n) is 6.02. The van der Waals surface area contributed by atoms with Crippen LogP contribution < -0.4 is 5.32 Å². The van der Waals surface area contributed by atoms with Crippen molar-refractivity contribution in [3.8, 4) is 0 Å². The smallest absolute Gasteiger partial charge is 0.321 e. The number of hydrogen-bond donors (Lipinski definition) is 2. The molecule has 1 aromatic rings. The number of carboxylic acid groups (broad SMARTS) is 1. The van der Waals surface area contributed by atoms with Crippen molar-refractivity contribution in [2.45, 2.75) is 19.3 Å². The molecule has 1 fully saturated rings. The largest absolute Gasteiger partial charge is 0.481 e. The highest BCUT2D eigenvalue weighted by molar-refractivity contribution is 5.89. The molecule has 1 aliphatic heterocycles. The van der Waals surface area contributed by atoms with Crippen LogP contribution in [0.1, 0.15) is 18.4 Å². The maximum Gasteiger partial charge on any atom is 0.321 e. The summed E-state index contributed by atoms with van der Waals surface area (Å²) in [5, 5.41) is 11.5. The van der Waals surface area contributed by atoms with Crippen molar-refractivity contribution >= 4 is 17.7 Å². The molecule has 5 heteroatoms. The number of urea groups is 1. The van der Waals surface area contributed by atoms with Crippen molar-refractivity contribution in [2.24, 2.45) is 0 Å². The van der Waals surface area contributed by atoms with Gasteiger partial charge < -0.3 is 15.3 Å². The molecular formula is C13H16N2O3. The molecule has 0 radical (unpaired) electrons. The highest BCUT2D eigenvalue weighted by Crippen LogP contribution is 2.14. The normalized spacial score (nSPS) is 14.6. The van der Waals surface area contributed by atoms with Gasteiger partial charge in [0.05, 0.1) is 6.42 Å². The predicted molar refractivity (Wildman–Crippen MR) is 67.6 cm³/mol. The molecule has 2 rings (SSSR count). The van der Waals surface area contributed by atoms with Crippen molar-refractivity contribution < 1.29 is 14.7 Å². The third-order valence-electron chi connectivity index (χ3n) is 2.93. The minimum Gasteiger partial charge on any atom is -0.481 e. The van der Waals surface area contributed by atoms with Crippen molar-refractivity contribution in [1.82, 2.24) is 4.90 Å². The quantitative estimate of drug-likeness (QED) is 0.858. The SMILES string of the molecule is O=C(O)Cc1cccc(NC(=O)N2CCCC2)c1. The van der Waals surface area contributed by atoms with E-state index >= 15 is 0 Å². The van der Waals surface area contributed by atoms with Crippen LogP contribution in [0.2, 0.25) is 0 Å². The zero-order valence-electron chi connectivity index (χ0n) is 10.1. The second-order valence-electron chi connectivity index (χ2n) is 4.40. The highest BCUT2D eigenvalue weighted by atomic mass is 16.4. The average molecular weight is 248 g/mol. The molecule has 1 aliphatic rings. The van der Waals surface area contributed by atoms with Gasteiger partial charge in [-0.2, -0.15) is 0 Å². The van der Waals surface area contributed by atoms with Gasteiger partial charge in [0.1, 0.15) is 0 Å². The summed E-state index contributed by atoms with van der Waals surface area (Å²) in [6, 6.07) is 6.83. The number of hydrogen-bond acceptors (Lipinski definition) is 2. The van der Waals surface area contributed by atoms with Gasteiger partial charge in [-0.3, -0.25) is 4.79 Å². The van der Waals surface area contributed by atoms with Gasteiger partial charge in [-0.05, 0) is 30.5 Å². The average Bonchev–Trinajstić information content (AvgIpc) is 2.81. The summed E-state index contributed by atoms with van der Waals surface area (Å²) in [4.78, 5) is 24.2. The first-order valence-corrected chi connectivity index (χ1v) is 6.02. The fourth-order valence-corrected chi connectivity index (χ4v) is 2.06. The number of carbonyl (C=O) groups excluding carboxylic acids is 1. The first kappa shape index (κ1) is 12.4. The van der Waals surface area contributed by atoms with E-state index in [4.69, 9.17) is 5.11 Å². The Kier molecular flexibility index (Phi) is 3.82. The van der Waals surface area contributed by atoms with Gasteiger partial charge in [-0.25, -0.2) is 4.79 Å². The lowest BCUT2D eigenvalue weighted by atomic mass is 10.1. The number of carboxylic acids is 1. The summed E-state index contributed by atoms with van der Waals surface area (Å²) >= 11 is 0. The Hall–Kier alpha value is -2.04. The number of amides is 2. The summed E-state index contributed by atoms with van der Waals surface area (Å²) in [7, 11) is 0. The van der Waals surface area contributed by atoms with Crippen LogP contribution in [0.25, 0.3) is 0 Å². The minimum atomic E-state index is -0.877.